The van der Waals surface area contributed by atoms with E-state index in [1.165, 1.54) is 24.0 Å². The highest BCUT2D eigenvalue weighted by Crippen LogP contribution is 2.27. The van der Waals surface area contributed by atoms with Crippen LogP contribution in [0, 0.1) is 11.6 Å². The fourth-order valence-electron chi connectivity index (χ4n) is 3.81. The van der Waals surface area contributed by atoms with E-state index in [2.05, 4.69) is 38.1 Å². The van der Waals surface area contributed by atoms with E-state index in [0.717, 1.165) is 31.2 Å². The van der Waals surface area contributed by atoms with E-state index in [1.807, 2.05) is 36.4 Å². The third-order valence-electron chi connectivity index (χ3n) is 5.66. The monoisotopic (exact) mass is 418 g/mol. The topological polar surface area (TPSA) is 0 Å². The molecule has 0 aliphatic carbocycles. The summed E-state index contributed by atoms with van der Waals surface area (Å²) in [5, 5.41) is 0. The lowest BCUT2D eigenvalue weighted by molar-refractivity contribution is 0.503. The molecule has 0 fully saturated rings. The molecule has 0 amide bonds. The van der Waals surface area contributed by atoms with Crippen molar-refractivity contribution in [2.24, 2.45) is 0 Å². The predicted octanol–water partition coefficient (Wildman–Crippen LogP) is 8.57. The zero-order valence-electron chi connectivity index (χ0n) is 18.6. The summed E-state index contributed by atoms with van der Waals surface area (Å²) in [4.78, 5) is 0. The summed E-state index contributed by atoms with van der Waals surface area (Å²) >= 11 is 0. The van der Waals surface area contributed by atoms with Gasteiger partial charge in [-0.1, -0.05) is 106 Å². The number of rotatable bonds is 10. The summed E-state index contributed by atoms with van der Waals surface area (Å²) in [7, 11) is 0. The fraction of sp³-hybridized carbons (Fsp3) is 0.310. The number of hydrogen-bond acceptors (Lipinski definition) is 0. The zero-order chi connectivity index (χ0) is 22.1. The number of halogens is 2. The minimum Gasteiger partial charge on any atom is -0.203 e. The van der Waals surface area contributed by atoms with Gasteiger partial charge >= 0.3 is 0 Å². The molecule has 0 aliphatic rings. The largest absolute Gasteiger partial charge is 0.203 e. The number of unbranched alkanes of at least 4 members (excludes halogenated alkanes) is 2. The lowest BCUT2D eigenvalue weighted by atomic mass is 9.98. The van der Waals surface area contributed by atoms with Gasteiger partial charge < -0.3 is 0 Å². The number of hydrogen-bond donors (Lipinski definition) is 0. The Morgan fingerprint density at radius 3 is 2.03 bits per heavy atom. The first kappa shape index (κ1) is 22.9. The molecule has 0 spiro atoms. The number of allylic oxidation sites excluding steroid dienone is 1. The van der Waals surface area contributed by atoms with E-state index >= 15 is 0 Å². The van der Waals surface area contributed by atoms with Crippen LogP contribution in [0.1, 0.15) is 61.8 Å². The Balaban J connectivity index is 1.67. The maximum absolute atomic E-state index is 14.8. The first-order valence-corrected chi connectivity index (χ1v) is 11.4. The van der Waals surface area contributed by atoms with Crippen LogP contribution in [0.5, 0.6) is 0 Å². The van der Waals surface area contributed by atoms with E-state index in [4.69, 9.17) is 0 Å². The van der Waals surface area contributed by atoms with Gasteiger partial charge in [-0.25, -0.2) is 8.78 Å². The third-order valence-corrected chi connectivity index (χ3v) is 5.66. The number of aryl methyl sites for hydroxylation is 2. The molecule has 0 aromatic heterocycles. The second kappa shape index (κ2) is 11.6. The van der Waals surface area contributed by atoms with Crippen molar-refractivity contribution in [3.05, 3.63) is 101 Å². The van der Waals surface area contributed by atoms with Crippen LogP contribution in [0.25, 0.3) is 17.2 Å². The minimum absolute atomic E-state index is 0.317. The molecule has 3 aromatic rings. The van der Waals surface area contributed by atoms with Gasteiger partial charge in [-0.2, -0.15) is 0 Å². The van der Waals surface area contributed by atoms with Gasteiger partial charge in [0.15, 0.2) is 11.6 Å². The maximum Gasteiger partial charge on any atom is 0.166 e. The highest BCUT2D eigenvalue weighted by Gasteiger charge is 2.14. The second-order valence-electron chi connectivity index (χ2n) is 8.15. The Morgan fingerprint density at radius 1 is 0.677 bits per heavy atom. The third kappa shape index (κ3) is 6.37. The van der Waals surface area contributed by atoms with Crippen molar-refractivity contribution in [3.63, 3.8) is 0 Å². The summed E-state index contributed by atoms with van der Waals surface area (Å²) < 4.78 is 29.5. The molecular weight excluding hydrogens is 386 g/mol. The quantitative estimate of drug-likeness (QED) is 0.289. The van der Waals surface area contributed by atoms with Crippen LogP contribution in [0.2, 0.25) is 0 Å². The molecule has 3 aromatic carbocycles. The Morgan fingerprint density at radius 2 is 1.35 bits per heavy atom. The Labute approximate surface area is 185 Å². The van der Waals surface area contributed by atoms with Gasteiger partial charge in [0, 0.05) is 5.56 Å². The lowest BCUT2D eigenvalue weighted by Gasteiger charge is -2.09. The smallest absolute Gasteiger partial charge is 0.166 e. The molecule has 0 nitrogen and oxygen atoms in total. The normalized spacial score (nSPS) is 11.4. The Kier molecular flexibility index (Phi) is 8.58. The second-order valence-corrected chi connectivity index (χ2v) is 8.15. The molecule has 31 heavy (non-hydrogen) atoms. The van der Waals surface area contributed by atoms with Crippen LogP contribution in [-0.4, -0.2) is 0 Å². The zero-order valence-corrected chi connectivity index (χ0v) is 18.6. The Hall–Kier alpha value is -2.74. The molecule has 0 saturated heterocycles. The van der Waals surface area contributed by atoms with Crippen LogP contribution >= 0.6 is 0 Å². The van der Waals surface area contributed by atoms with Gasteiger partial charge in [-0.15, -0.1) is 0 Å². The van der Waals surface area contributed by atoms with Crippen molar-refractivity contribution in [2.45, 2.75) is 58.8 Å². The summed E-state index contributed by atoms with van der Waals surface area (Å²) in [6, 6.07) is 19.6. The van der Waals surface area contributed by atoms with Gasteiger partial charge in [0.05, 0.1) is 0 Å². The molecular formula is C29H32F2. The molecule has 162 valence electrons. The molecule has 0 aliphatic heterocycles. The van der Waals surface area contributed by atoms with E-state index in [9.17, 15) is 8.78 Å². The average molecular weight is 419 g/mol. The molecule has 0 radical (unpaired) electrons. The van der Waals surface area contributed by atoms with Crippen LogP contribution in [0.3, 0.4) is 0 Å². The first-order chi connectivity index (χ1) is 15.1. The molecule has 3 rings (SSSR count). The minimum atomic E-state index is -0.770. The number of benzene rings is 3. The van der Waals surface area contributed by atoms with Crippen LogP contribution in [-0.2, 0) is 19.3 Å². The van der Waals surface area contributed by atoms with Gasteiger partial charge in [-0.05, 0) is 53.5 Å². The van der Waals surface area contributed by atoms with Crippen molar-refractivity contribution in [3.8, 4) is 11.1 Å². The lowest BCUT2D eigenvalue weighted by Crippen LogP contribution is -1.96. The average Bonchev–Trinajstić information content (AvgIpc) is 2.79. The molecule has 2 heteroatoms. The molecule has 0 N–H and O–H groups in total. The molecule has 0 heterocycles. The molecule has 0 bridgehead atoms. The standard InChI is InChI=1S/C29H32F2/c1-3-5-6-9-23-16-18-25(19-17-23)27-21-20-26(28(30)29(27)31)11-7-10-24-14-12-22(8-4-2)13-15-24/h7,10,12-21H,3-6,8-9,11H2,1-2H3. The van der Waals surface area contributed by atoms with E-state index in [1.54, 1.807) is 12.1 Å². The van der Waals surface area contributed by atoms with Crippen LogP contribution in [0.4, 0.5) is 8.78 Å². The maximum atomic E-state index is 14.8. The summed E-state index contributed by atoms with van der Waals surface area (Å²) in [5.41, 5.74) is 5.02. The molecule has 0 atom stereocenters. The Bertz CT molecular complexity index is 982. The van der Waals surface area contributed by atoms with E-state index in [0.29, 0.717) is 23.1 Å². The van der Waals surface area contributed by atoms with Crippen molar-refractivity contribution < 1.29 is 8.78 Å². The van der Waals surface area contributed by atoms with E-state index < -0.39 is 11.6 Å². The fourth-order valence-corrected chi connectivity index (χ4v) is 3.81. The van der Waals surface area contributed by atoms with Gasteiger partial charge in [0.1, 0.15) is 0 Å². The van der Waals surface area contributed by atoms with Crippen molar-refractivity contribution in [2.75, 3.05) is 0 Å². The van der Waals surface area contributed by atoms with Gasteiger partial charge in [0.2, 0.25) is 0 Å². The highest BCUT2D eigenvalue weighted by atomic mass is 19.2. The van der Waals surface area contributed by atoms with Crippen molar-refractivity contribution >= 4 is 6.08 Å². The summed E-state index contributed by atoms with van der Waals surface area (Å²) in [5.74, 6) is -1.53. The highest BCUT2D eigenvalue weighted by molar-refractivity contribution is 5.65. The molecule has 0 unspecified atom stereocenters. The van der Waals surface area contributed by atoms with Crippen LogP contribution < -0.4 is 0 Å². The summed E-state index contributed by atoms with van der Waals surface area (Å²) in [6.45, 7) is 4.35. The first-order valence-electron chi connectivity index (χ1n) is 11.4. The van der Waals surface area contributed by atoms with Gasteiger partial charge in [0.25, 0.3) is 0 Å². The van der Waals surface area contributed by atoms with Gasteiger partial charge in [-0.3, -0.25) is 0 Å². The SMILES string of the molecule is CCCCCc1ccc(-c2ccc(CC=Cc3ccc(CCC)cc3)c(F)c2F)cc1. The van der Waals surface area contributed by atoms with Crippen LogP contribution in [0.15, 0.2) is 66.7 Å². The predicted molar refractivity (Wildman–Crippen MR) is 128 cm³/mol. The van der Waals surface area contributed by atoms with E-state index in [-0.39, 0.29) is 0 Å². The molecule has 0 saturated carbocycles. The van der Waals surface area contributed by atoms with Crippen molar-refractivity contribution in [1.29, 1.82) is 0 Å². The summed E-state index contributed by atoms with van der Waals surface area (Å²) in [6.07, 6.45) is 11.0. The van der Waals surface area contributed by atoms with Crippen molar-refractivity contribution in [1.82, 2.24) is 0 Å².